The molecule has 2 unspecified atom stereocenters. The first-order valence-electron chi connectivity index (χ1n) is 7.65. The van der Waals surface area contributed by atoms with Gasteiger partial charge in [-0.1, -0.05) is 31.2 Å². The van der Waals surface area contributed by atoms with E-state index in [-0.39, 0.29) is 17.7 Å². The summed E-state index contributed by atoms with van der Waals surface area (Å²) in [6.07, 6.45) is 3.98. The van der Waals surface area contributed by atoms with Crippen LogP contribution in [0.2, 0.25) is 0 Å². The molecule has 2 rings (SSSR count). The molecule has 0 saturated carbocycles. The van der Waals surface area contributed by atoms with Gasteiger partial charge in [0.2, 0.25) is 5.91 Å². The number of aryl methyl sites for hydroxylation is 1. The molecule has 1 aromatic carbocycles. The fourth-order valence-corrected chi connectivity index (χ4v) is 2.81. The Hall–Kier alpha value is -1.84. The summed E-state index contributed by atoms with van der Waals surface area (Å²) in [4.78, 5) is 22.9. The molecule has 21 heavy (non-hydrogen) atoms. The van der Waals surface area contributed by atoms with Gasteiger partial charge in [0, 0.05) is 12.5 Å². The molecule has 1 aliphatic rings. The summed E-state index contributed by atoms with van der Waals surface area (Å²) in [5.41, 5.74) is 2.64. The largest absolute Gasteiger partial charge is 0.481 e. The topological polar surface area (TPSA) is 66.4 Å². The van der Waals surface area contributed by atoms with Gasteiger partial charge in [-0.05, 0) is 43.2 Å². The zero-order valence-corrected chi connectivity index (χ0v) is 12.5. The number of carbonyl (C=O) groups excluding carboxylic acids is 1. The minimum absolute atomic E-state index is 0.0526. The molecule has 2 atom stereocenters. The first-order chi connectivity index (χ1) is 10.1. The average molecular weight is 289 g/mol. The molecule has 0 aliphatic heterocycles. The van der Waals surface area contributed by atoms with E-state index in [1.54, 1.807) is 6.92 Å². The second-order valence-electron chi connectivity index (χ2n) is 5.88. The fraction of sp³-hybridized carbons (Fsp3) is 0.529. The highest BCUT2D eigenvalue weighted by atomic mass is 16.4. The van der Waals surface area contributed by atoms with Gasteiger partial charge in [-0.15, -0.1) is 0 Å². The maximum atomic E-state index is 12.2. The Labute approximate surface area is 125 Å². The molecule has 0 heterocycles. The van der Waals surface area contributed by atoms with Crippen molar-refractivity contribution in [1.29, 1.82) is 0 Å². The predicted octanol–water partition coefficient (Wildman–Crippen LogP) is 2.41. The van der Waals surface area contributed by atoms with Crippen LogP contribution in [0.4, 0.5) is 0 Å². The highest BCUT2D eigenvalue weighted by Crippen LogP contribution is 2.25. The third-order valence-electron chi connectivity index (χ3n) is 4.25. The van der Waals surface area contributed by atoms with Crippen molar-refractivity contribution in [3.8, 4) is 0 Å². The molecule has 0 bridgehead atoms. The molecule has 1 aliphatic carbocycles. The van der Waals surface area contributed by atoms with Gasteiger partial charge in [0.15, 0.2) is 0 Å². The van der Waals surface area contributed by atoms with Crippen LogP contribution in [-0.4, -0.2) is 23.5 Å². The summed E-state index contributed by atoms with van der Waals surface area (Å²) in [5, 5.41) is 11.7. The van der Waals surface area contributed by atoms with Crippen molar-refractivity contribution in [1.82, 2.24) is 5.32 Å². The highest BCUT2D eigenvalue weighted by molar-refractivity contribution is 5.79. The molecule has 2 N–H and O–H groups in total. The minimum Gasteiger partial charge on any atom is -0.481 e. The van der Waals surface area contributed by atoms with Gasteiger partial charge in [-0.3, -0.25) is 9.59 Å². The molecule has 1 amide bonds. The van der Waals surface area contributed by atoms with Gasteiger partial charge in [-0.25, -0.2) is 0 Å². The summed E-state index contributed by atoms with van der Waals surface area (Å²) < 4.78 is 0. The van der Waals surface area contributed by atoms with Gasteiger partial charge < -0.3 is 10.4 Å². The highest BCUT2D eigenvalue weighted by Gasteiger charge is 2.24. The number of carboxylic acids is 1. The number of rotatable bonds is 6. The third-order valence-corrected chi connectivity index (χ3v) is 4.25. The van der Waals surface area contributed by atoms with Crippen molar-refractivity contribution >= 4 is 11.9 Å². The van der Waals surface area contributed by atoms with Crippen molar-refractivity contribution < 1.29 is 14.7 Å². The summed E-state index contributed by atoms with van der Waals surface area (Å²) in [7, 11) is 0. The second-order valence-corrected chi connectivity index (χ2v) is 5.88. The van der Waals surface area contributed by atoms with E-state index in [1.807, 2.05) is 12.1 Å². The normalized spacial score (nSPS) is 18.6. The zero-order chi connectivity index (χ0) is 15.2. The standard InChI is InChI=1S/C17H23NO3/c1-12(17(20)21)5-4-10-18-16(19)15-9-8-13-6-2-3-7-14(13)11-15/h2-3,6-7,12,15H,4-5,8-11H2,1H3,(H,18,19)(H,20,21). The van der Waals surface area contributed by atoms with Gasteiger partial charge in [0.25, 0.3) is 0 Å². The summed E-state index contributed by atoms with van der Waals surface area (Å²) in [6, 6.07) is 8.30. The Morgan fingerprint density at radius 3 is 2.76 bits per heavy atom. The Balaban J connectivity index is 1.74. The smallest absolute Gasteiger partial charge is 0.306 e. The molecule has 0 saturated heterocycles. The number of hydrogen-bond donors (Lipinski definition) is 2. The minimum atomic E-state index is -0.773. The van der Waals surface area contributed by atoms with Crippen molar-refractivity contribution in [3.63, 3.8) is 0 Å². The monoisotopic (exact) mass is 289 g/mol. The molecule has 4 heteroatoms. The van der Waals surface area contributed by atoms with Crippen molar-refractivity contribution in [2.24, 2.45) is 11.8 Å². The van der Waals surface area contributed by atoms with E-state index in [4.69, 9.17) is 5.11 Å². The third kappa shape index (κ3) is 4.31. The van der Waals surface area contributed by atoms with Crippen LogP contribution in [0.25, 0.3) is 0 Å². The first-order valence-corrected chi connectivity index (χ1v) is 7.65. The number of hydrogen-bond acceptors (Lipinski definition) is 2. The molecule has 0 radical (unpaired) electrons. The number of amides is 1. The van der Waals surface area contributed by atoms with Gasteiger partial charge in [0.05, 0.1) is 5.92 Å². The van der Waals surface area contributed by atoms with Crippen LogP contribution in [-0.2, 0) is 22.4 Å². The van der Waals surface area contributed by atoms with E-state index in [9.17, 15) is 9.59 Å². The van der Waals surface area contributed by atoms with E-state index in [2.05, 4.69) is 17.4 Å². The van der Waals surface area contributed by atoms with Crippen LogP contribution in [0, 0.1) is 11.8 Å². The Morgan fingerprint density at radius 2 is 2.05 bits per heavy atom. The molecule has 0 fully saturated rings. The number of aliphatic carboxylic acids is 1. The molecule has 0 spiro atoms. The van der Waals surface area contributed by atoms with Crippen LogP contribution in [0.1, 0.15) is 37.3 Å². The number of fused-ring (bicyclic) bond motifs is 1. The summed E-state index contributed by atoms with van der Waals surface area (Å²) in [5.74, 6) is -0.960. The van der Waals surface area contributed by atoms with Crippen LogP contribution in [0.5, 0.6) is 0 Å². The molecule has 1 aromatic rings. The first kappa shape index (κ1) is 15.5. The van der Waals surface area contributed by atoms with E-state index >= 15 is 0 Å². The van der Waals surface area contributed by atoms with Gasteiger partial charge in [0.1, 0.15) is 0 Å². The molecule has 0 aromatic heterocycles. The Morgan fingerprint density at radius 1 is 1.33 bits per heavy atom. The predicted molar refractivity (Wildman–Crippen MR) is 81.0 cm³/mol. The van der Waals surface area contributed by atoms with Crippen molar-refractivity contribution in [3.05, 3.63) is 35.4 Å². The maximum Gasteiger partial charge on any atom is 0.306 e. The molecule has 4 nitrogen and oxygen atoms in total. The van der Waals surface area contributed by atoms with Crippen LogP contribution >= 0.6 is 0 Å². The lowest BCUT2D eigenvalue weighted by atomic mass is 9.83. The number of carboxylic acid groups (broad SMARTS) is 1. The fourth-order valence-electron chi connectivity index (χ4n) is 2.81. The number of nitrogens with one attached hydrogen (secondary N) is 1. The van der Waals surface area contributed by atoms with Gasteiger partial charge in [-0.2, -0.15) is 0 Å². The van der Waals surface area contributed by atoms with Crippen LogP contribution in [0.3, 0.4) is 0 Å². The van der Waals surface area contributed by atoms with E-state index in [0.717, 1.165) is 19.3 Å². The van der Waals surface area contributed by atoms with Crippen molar-refractivity contribution in [2.45, 2.75) is 39.0 Å². The molecule has 114 valence electrons. The number of carbonyl (C=O) groups is 2. The Bertz CT molecular complexity index is 513. The molecular formula is C17H23NO3. The van der Waals surface area contributed by atoms with Crippen LogP contribution < -0.4 is 5.32 Å². The van der Waals surface area contributed by atoms with E-state index in [0.29, 0.717) is 19.4 Å². The van der Waals surface area contributed by atoms with E-state index < -0.39 is 5.97 Å². The quantitative estimate of drug-likeness (QED) is 0.790. The summed E-state index contributed by atoms with van der Waals surface area (Å²) in [6.45, 7) is 2.26. The maximum absolute atomic E-state index is 12.2. The molecular weight excluding hydrogens is 266 g/mol. The lowest BCUT2D eigenvalue weighted by molar-refractivity contribution is -0.141. The zero-order valence-electron chi connectivity index (χ0n) is 12.5. The van der Waals surface area contributed by atoms with E-state index in [1.165, 1.54) is 11.1 Å². The number of benzene rings is 1. The van der Waals surface area contributed by atoms with Crippen LogP contribution in [0.15, 0.2) is 24.3 Å². The Kier molecular flexibility index (Phi) is 5.37. The lowest BCUT2D eigenvalue weighted by Crippen LogP contribution is -2.34. The van der Waals surface area contributed by atoms with Gasteiger partial charge >= 0.3 is 5.97 Å². The summed E-state index contributed by atoms with van der Waals surface area (Å²) >= 11 is 0. The average Bonchev–Trinajstić information content (AvgIpc) is 2.50. The second kappa shape index (κ2) is 7.25. The lowest BCUT2D eigenvalue weighted by Gasteiger charge is -2.23. The SMILES string of the molecule is CC(CCCNC(=O)C1CCc2ccccc2C1)C(=O)O. The van der Waals surface area contributed by atoms with Crippen molar-refractivity contribution in [2.75, 3.05) is 6.54 Å².